The molecule has 0 atom stereocenters. The van der Waals surface area contributed by atoms with E-state index in [1.54, 1.807) is 0 Å². The van der Waals surface area contributed by atoms with Crippen molar-refractivity contribution >= 4 is 0 Å². The average molecular weight is 249 g/mol. The second-order valence-electron chi connectivity index (χ2n) is 6.44. The van der Waals surface area contributed by atoms with Gasteiger partial charge in [-0.3, -0.25) is 4.68 Å². The number of hydrogen-bond donors (Lipinski definition) is 1. The minimum Gasteiger partial charge on any atom is -0.330 e. The first kappa shape index (κ1) is 13.6. The van der Waals surface area contributed by atoms with Crippen LogP contribution >= 0.6 is 0 Å². The Morgan fingerprint density at radius 1 is 1.44 bits per heavy atom. The largest absolute Gasteiger partial charge is 0.330 e. The fourth-order valence-electron chi connectivity index (χ4n) is 3.31. The van der Waals surface area contributed by atoms with Crippen LogP contribution in [0.4, 0.5) is 0 Å². The third-order valence-corrected chi connectivity index (χ3v) is 4.79. The molecule has 1 aliphatic carbocycles. The maximum absolute atomic E-state index is 6.08. The molecule has 0 aliphatic heterocycles. The van der Waals surface area contributed by atoms with Gasteiger partial charge in [0.1, 0.15) is 0 Å². The van der Waals surface area contributed by atoms with E-state index in [0.29, 0.717) is 5.41 Å². The second-order valence-corrected chi connectivity index (χ2v) is 6.44. The number of aromatic nitrogens is 2. The zero-order valence-corrected chi connectivity index (χ0v) is 12.0. The molecule has 0 radical (unpaired) electrons. The van der Waals surface area contributed by atoms with Crippen LogP contribution < -0.4 is 5.73 Å². The SMILES string of the molecule is CC(C)C1CCC(CN)(Cc2ccn(C)n2)CC1. The summed E-state index contributed by atoms with van der Waals surface area (Å²) in [5, 5.41) is 4.51. The highest BCUT2D eigenvalue weighted by Crippen LogP contribution is 2.42. The Labute approximate surface area is 111 Å². The summed E-state index contributed by atoms with van der Waals surface area (Å²) >= 11 is 0. The minimum atomic E-state index is 0.305. The maximum atomic E-state index is 6.08. The molecule has 1 aliphatic rings. The summed E-state index contributed by atoms with van der Waals surface area (Å²) in [4.78, 5) is 0. The highest BCUT2D eigenvalue weighted by atomic mass is 15.2. The molecule has 102 valence electrons. The number of nitrogens with two attached hydrogens (primary N) is 1. The highest BCUT2D eigenvalue weighted by molar-refractivity contribution is 5.04. The molecule has 3 nitrogen and oxygen atoms in total. The topological polar surface area (TPSA) is 43.8 Å². The van der Waals surface area contributed by atoms with Crippen LogP contribution in [0.2, 0.25) is 0 Å². The second kappa shape index (κ2) is 5.43. The maximum Gasteiger partial charge on any atom is 0.0630 e. The molecule has 2 N–H and O–H groups in total. The lowest BCUT2D eigenvalue weighted by Gasteiger charge is -2.40. The molecule has 1 aromatic heterocycles. The van der Waals surface area contributed by atoms with Gasteiger partial charge in [0.05, 0.1) is 5.69 Å². The van der Waals surface area contributed by atoms with Crippen molar-refractivity contribution in [3.63, 3.8) is 0 Å². The number of hydrogen-bond acceptors (Lipinski definition) is 2. The van der Waals surface area contributed by atoms with E-state index in [-0.39, 0.29) is 0 Å². The fraction of sp³-hybridized carbons (Fsp3) is 0.800. The van der Waals surface area contributed by atoms with Gasteiger partial charge in [-0.2, -0.15) is 5.10 Å². The van der Waals surface area contributed by atoms with E-state index in [2.05, 4.69) is 25.0 Å². The number of aryl methyl sites for hydroxylation is 1. The van der Waals surface area contributed by atoms with Gasteiger partial charge in [0, 0.05) is 13.2 Å². The summed E-state index contributed by atoms with van der Waals surface area (Å²) in [5.41, 5.74) is 7.59. The Morgan fingerprint density at radius 3 is 2.56 bits per heavy atom. The molecule has 0 saturated heterocycles. The predicted molar refractivity (Wildman–Crippen MR) is 75.2 cm³/mol. The molecule has 0 unspecified atom stereocenters. The summed E-state index contributed by atoms with van der Waals surface area (Å²) in [6, 6.07) is 2.13. The lowest BCUT2D eigenvalue weighted by molar-refractivity contribution is 0.131. The fourth-order valence-corrected chi connectivity index (χ4v) is 3.31. The molecule has 18 heavy (non-hydrogen) atoms. The number of rotatable bonds is 4. The van der Waals surface area contributed by atoms with Crippen LogP contribution in [0.15, 0.2) is 12.3 Å². The molecule has 1 heterocycles. The van der Waals surface area contributed by atoms with Gasteiger partial charge < -0.3 is 5.73 Å². The molecule has 1 aromatic rings. The van der Waals surface area contributed by atoms with Crippen molar-refractivity contribution in [2.45, 2.75) is 46.0 Å². The molecule has 0 spiro atoms. The summed E-state index contributed by atoms with van der Waals surface area (Å²) in [7, 11) is 1.98. The van der Waals surface area contributed by atoms with Crippen LogP contribution in [0.3, 0.4) is 0 Å². The van der Waals surface area contributed by atoms with E-state index in [4.69, 9.17) is 5.73 Å². The number of nitrogens with zero attached hydrogens (tertiary/aromatic N) is 2. The molecule has 0 aromatic carbocycles. The Morgan fingerprint density at radius 2 is 2.11 bits per heavy atom. The van der Waals surface area contributed by atoms with Gasteiger partial charge in [-0.25, -0.2) is 0 Å². The van der Waals surface area contributed by atoms with E-state index in [0.717, 1.165) is 24.8 Å². The van der Waals surface area contributed by atoms with Gasteiger partial charge in [0.2, 0.25) is 0 Å². The summed E-state index contributed by atoms with van der Waals surface area (Å²) in [6.07, 6.45) is 8.28. The Bertz CT molecular complexity index is 373. The Balaban J connectivity index is 2.00. The molecule has 1 saturated carbocycles. The van der Waals surface area contributed by atoms with Crippen molar-refractivity contribution < 1.29 is 0 Å². The predicted octanol–water partition coefficient (Wildman–Crippen LogP) is 2.75. The van der Waals surface area contributed by atoms with Gasteiger partial charge in [-0.1, -0.05) is 13.8 Å². The molecule has 3 heteroatoms. The van der Waals surface area contributed by atoms with E-state index in [1.807, 2.05) is 17.9 Å². The van der Waals surface area contributed by atoms with Gasteiger partial charge in [0.15, 0.2) is 0 Å². The van der Waals surface area contributed by atoms with Crippen LogP contribution in [-0.2, 0) is 13.5 Å². The third kappa shape index (κ3) is 2.94. The molecule has 1 fully saturated rings. The molecule has 2 rings (SSSR count). The Hall–Kier alpha value is -0.830. The lowest BCUT2D eigenvalue weighted by atomic mass is 9.66. The monoisotopic (exact) mass is 249 g/mol. The lowest BCUT2D eigenvalue weighted by Crippen LogP contribution is -2.37. The molecule has 0 bridgehead atoms. The van der Waals surface area contributed by atoms with Crippen LogP contribution in [0.5, 0.6) is 0 Å². The van der Waals surface area contributed by atoms with E-state index in [9.17, 15) is 0 Å². The molecule has 0 amide bonds. The quantitative estimate of drug-likeness (QED) is 0.891. The van der Waals surface area contributed by atoms with E-state index < -0.39 is 0 Å². The highest BCUT2D eigenvalue weighted by Gasteiger charge is 2.35. The Kier molecular flexibility index (Phi) is 4.10. The van der Waals surface area contributed by atoms with Crippen LogP contribution in [0, 0.1) is 17.3 Å². The summed E-state index contributed by atoms with van der Waals surface area (Å²) < 4.78 is 1.89. The van der Waals surface area contributed by atoms with Crippen molar-refractivity contribution in [2.75, 3.05) is 6.54 Å². The van der Waals surface area contributed by atoms with Crippen molar-refractivity contribution in [1.82, 2.24) is 9.78 Å². The van der Waals surface area contributed by atoms with Crippen molar-refractivity contribution in [3.05, 3.63) is 18.0 Å². The van der Waals surface area contributed by atoms with Gasteiger partial charge in [-0.15, -0.1) is 0 Å². The molecular formula is C15H27N3. The first-order valence-corrected chi connectivity index (χ1v) is 7.23. The van der Waals surface area contributed by atoms with Gasteiger partial charge in [0.25, 0.3) is 0 Å². The van der Waals surface area contributed by atoms with Crippen molar-refractivity contribution in [2.24, 2.45) is 30.0 Å². The third-order valence-electron chi connectivity index (χ3n) is 4.79. The van der Waals surface area contributed by atoms with E-state index in [1.165, 1.54) is 31.4 Å². The van der Waals surface area contributed by atoms with Crippen molar-refractivity contribution in [3.8, 4) is 0 Å². The summed E-state index contributed by atoms with van der Waals surface area (Å²) in [6.45, 7) is 5.49. The van der Waals surface area contributed by atoms with Crippen molar-refractivity contribution in [1.29, 1.82) is 0 Å². The first-order chi connectivity index (χ1) is 8.54. The molecular weight excluding hydrogens is 222 g/mol. The zero-order valence-electron chi connectivity index (χ0n) is 12.0. The van der Waals surface area contributed by atoms with Crippen LogP contribution in [0.25, 0.3) is 0 Å². The first-order valence-electron chi connectivity index (χ1n) is 7.23. The van der Waals surface area contributed by atoms with E-state index >= 15 is 0 Å². The minimum absolute atomic E-state index is 0.305. The van der Waals surface area contributed by atoms with Crippen LogP contribution in [0.1, 0.15) is 45.2 Å². The standard InChI is InChI=1S/C15H27N3/c1-12(2)13-4-7-15(11-16,8-5-13)10-14-6-9-18(3)17-14/h6,9,12-13H,4-5,7-8,10-11,16H2,1-3H3. The van der Waals surface area contributed by atoms with Crippen LogP contribution in [-0.4, -0.2) is 16.3 Å². The smallest absolute Gasteiger partial charge is 0.0630 e. The zero-order chi connectivity index (χ0) is 13.2. The van der Waals surface area contributed by atoms with Gasteiger partial charge in [-0.05, 0) is 62.0 Å². The average Bonchev–Trinajstić information content (AvgIpc) is 2.75. The van der Waals surface area contributed by atoms with Gasteiger partial charge >= 0.3 is 0 Å². The normalized spacial score (nSPS) is 28.8. The summed E-state index contributed by atoms with van der Waals surface area (Å²) in [5.74, 6) is 1.71.